The number of aromatic nitrogens is 2. The lowest BCUT2D eigenvalue weighted by Crippen LogP contribution is -2.48. The van der Waals surface area contributed by atoms with Crippen molar-refractivity contribution in [2.75, 3.05) is 44.2 Å². The zero-order valence-electron chi connectivity index (χ0n) is 17.1. The number of amides is 2. The molecule has 1 aromatic rings. The Balaban J connectivity index is 1.06. The number of carbonyl (C=O) groups is 2. The summed E-state index contributed by atoms with van der Waals surface area (Å²) in [4.78, 5) is 40.8. The van der Waals surface area contributed by atoms with Gasteiger partial charge in [-0.2, -0.15) is 0 Å². The van der Waals surface area contributed by atoms with Gasteiger partial charge in [0.05, 0.1) is 0 Å². The monoisotopic (exact) mass is 397 g/mol. The minimum absolute atomic E-state index is 0.136. The van der Waals surface area contributed by atoms with E-state index in [1.165, 1.54) is 6.42 Å². The predicted molar refractivity (Wildman–Crippen MR) is 109 cm³/mol. The summed E-state index contributed by atoms with van der Waals surface area (Å²) in [6, 6.07) is 1.84. The fraction of sp³-hybridized carbons (Fsp3) is 0.727. The molecule has 0 N–H and O–H groups in total. The molecule has 4 aliphatic rings. The molecule has 1 aromatic heterocycles. The Morgan fingerprint density at radius 2 is 1.48 bits per heavy atom. The number of piperidine rings is 1. The van der Waals surface area contributed by atoms with E-state index in [1.54, 1.807) is 17.3 Å². The van der Waals surface area contributed by atoms with Gasteiger partial charge in [0.15, 0.2) is 0 Å². The van der Waals surface area contributed by atoms with E-state index in [4.69, 9.17) is 0 Å². The Morgan fingerprint density at radius 3 is 2.14 bits per heavy atom. The van der Waals surface area contributed by atoms with E-state index in [0.717, 1.165) is 70.8 Å². The van der Waals surface area contributed by atoms with Crippen molar-refractivity contribution in [1.82, 2.24) is 19.8 Å². The lowest BCUT2D eigenvalue weighted by molar-refractivity contribution is -0.153. The van der Waals surface area contributed by atoms with Gasteiger partial charge >= 0.3 is 0 Å². The number of rotatable bonds is 6. The molecule has 2 saturated carbocycles. The fourth-order valence-electron chi connectivity index (χ4n) is 6.17. The van der Waals surface area contributed by atoms with Crippen LogP contribution < -0.4 is 4.90 Å². The molecule has 0 radical (unpaired) electrons. The molecule has 29 heavy (non-hydrogen) atoms. The number of hydrogen-bond acceptors (Lipinski definition) is 6. The Kier molecular flexibility index (Phi) is 5.24. The molecule has 2 saturated heterocycles. The van der Waals surface area contributed by atoms with Crippen LogP contribution in [0.1, 0.15) is 38.5 Å². The van der Waals surface area contributed by atoms with E-state index in [0.29, 0.717) is 18.4 Å². The first-order valence-electron chi connectivity index (χ1n) is 11.3. The van der Waals surface area contributed by atoms with Crippen molar-refractivity contribution in [2.45, 2.75) is 38.5 Å². The number of fused-ring (bicyclic) bond motifs is 5. The number of carbonyl (C=O) groups excluding carboxylic acids is 2. The summed E-state index contributed by atoms with van der Waals surface area (Å²) in [6.07, 6.45) is 9.85. The zero-order valence-corrected chi connectivity index (χ0v) is 17.1. The Hall–Kier alpha value is -2.02. The molecule has 2 aliphatic heterocycles. The number of hydrogen-bond donors (Lipinski definition) is 0. The molecule has 4 fully saturated rings. The predicted octanol–water partition coefficient (Wildman–Crippen LogP) is 1.80. The van der Waals surface area contributed by atoms with Crippen LogP contribution in [-0.4, -0.2) is 70.9 Å². The highest BCUT2D eigenvalue weighted by Gasteiger charge is 2.56. The highest BCUT2D eigenvalue weighted by Crippen LogP contribution is 2.54. The van der Waals surface area contributed by atoms with Gasteiger partial charge in [-0.1, -0.05) is 6.42 Å². The molecule has 156 valence electrons. The summed E-state index contributed by atoms with van der Waals surface area (Å²) in [5.41, 5.74) is 0. The Labute approximate surface area is 172 Å². The normalized spacial score (nSPS) is 32.1. The van der Waals surface area contributed by atoms with Crippen molar-refractivity contribution in [3.05, 3.63) is 18.5 Å². The first kappa shape index (κ1) is 19.0. The van der Waals surface area contributed by atoms with Gasteiger partial charge in [0, 0.05) is 57.0 Å². The number of anilines is 1. The third-order valence-electron chi connectivity index (χ3n) is 7.65. The van der Waals surface area contributed by atoms with Crippen LogP contribution in [0.3, 0.4) is 0 Å². The summed E-state index contributed by atoms with van der Waals surface area (Å²) >= 11 is 0. The maximum atomic E-state index is 12.9. The van der Waals surface area contributed by atoms with Crippen molar-refractivity contribution in [3.63, 3.8) is 0 Å². The maximum absolute atomic E-state index is 12.9. The number of nitrogens with zero attached hydrogens (tertiary/aromatic N) is 5. The fourth-order valence-corrected chi connectivity index (χ4v) is 6.17. The molecule has 4 unspecified atom stereocenters. The van der Waals surface area contributed by atoms with Crippen LogP contribution in [0.15, 0.2) is 18.5 Å². The van der Waals surface area contributed by atoms with Crippen LogP contribution >= 0.6 is 0 Å². The molecule has 2 bridgehead atoms. The lowest BCUT2D eigenvalue weighted by Gasteiger charge is -2.35. The van der Waals surface area contributed by atoms with Crippen LogP contribution in [-0.2, 0) is 9.59 Å². The van der Waals surface area contributed by atoms with E-state index in [1.807, 2.05) is 6.07 Å². The highest BCUT2D eigenvalue weighted by atomic mass is 16.2. The van der Waals surface area contributed by atoms with Crippen LogP contribution in [0, 0.1) is 23.7 Å². The van der Waals surface area contributed by atoms with E-state index in [-0.39, 0.29) is 23.7 Å². The van der Waals surface area contributed by atoms with E-state index >= 15 is 0 Å². The zero-order chi connectivity index (χ0) is 19.8. The average Bonchev–Trinajstić information content (AvgIpc) is 3.35. The van der Waals surface area contributed by atoms with Gasteiger partial charge in [-0.25, -0.2) is 9.97 Å². The molecule has 5 rings (SSSR count). The van der Waals surface area contributed by atoms with Gasteiger partial charge in [0.2, 0.25) is 17.8 Å². The molecule has 7 nitrogen and oxygen atoms in total. The largest absolute Gasteiger partial charge is 0.338 e. The minimum atomic E-state index is 0.136. The second-order valence-corrected chi connectivity index (χ2v) is 9.12. The molecule has 3 heterocycles. The Bertz CT molecular complexity index is 721. The first-order valence-corrected chi connectivity index (χ1v) is 11.3. The summed E-state index contributed by atoms with van der Waals surface area (Å²) in [6.45, 7) is 5.54. The Morgan fingerprint density at radius 1 is 0.862 bits per heavy atom. The standard InChI is InChI=1S/C22H31N5O2/c28-20-18-15-19(17-6-3-5-16(17)18)21(29)27(20)10-2-1-9-25-11-13-26(14-12-25)22-23-7-4-8-24-22/h4,7-8,16-19H,1-3,5-6,9-15H2. The average molecular weight is 398 g/mol. The summed E-state index contributed by atoms with van der Waals surface area (Å²) in [5, 5.41) is 0. The molecular weight excluding hydrogens is 366 g/mol. The van der Waals surface area contributed by atoms with Gasteiger partial charge in [-0.3, -0.25) is 19.4 Å². The molecule has 0 aromatic carbocycles. The first-order chi connectivity index (χ1) is 14.2. The number of likely N-dealkylation sites (tertiary alicyclic amines) is 1. The molecule has 7 heteroatoms. The van der Waals surface area contributed by atoms with Crippen LogP contribution in [0.25, 0.3) is 0 Å². The molecule has 4 atom stereocenters. The van der Waals surface area contributed by atoms with E-state index < -0.39 is 0 Å². The molecule has 2 amide bonds. The SMILES string of the molecule is O=C1C2CC(C(=O)N1CCCCN1CCN(c3ncccn3)CC1)C1CCCC21. The second kappa shape index (κ2) is 8.01. The molecule has 2 aliphatic carbocycles. The van der Waals surface area contributed by atoms with Crippen molar-refractivity contribution in [3.8, 4) is 0 Å². The third kappa shape index (κ3) is 3.54. The smallest absolute Gasteiger partial charge is 0.232 e. The quantitative estimate of drug-likeness (QED) is 0.539. The van der Waals surface area contributed by atoms with Crippen molar-refractivity contribution < 1.29 is 9.59 Å². The summed E-state index contributed by atoms with van der Waals surface area (Å²) < 4.78 is 0. The second-order valence-electron chi connectivity index (χ2n) is 9.12. The van der Waals surface area contributed by atoms with Gasteiger partial charge in [-0.05, 0) is 56.6 Å². The number of imide groups is 1. The van der Waals surface area contributed by atoms with Gasteiger partial charge < -0.3 is 4.90 Å². The topological polar surface area (TPSA) is 69.6 Å². The van der Waals surface area contributed by atoms with E-state index in [2.05, 4.69) is 19.8 Å². The van der Waals surface area contributed by atoms with Crippen LogP contribution in [0.4, 0.5) is 5.95 Å². The van der Waals surface area contributed by atoms with Gasteiger partial charge in [0.1, 0.15) is 0 Å². The lowest BCUT2D eigenvalue weighted by atomic mass is 9.91. The van der Waals surface area contributed by atoms with Crippen LogP contribution in [0.2, 0.25) is 0 Å². The molecule has 0 spiro atoms. The number of unbranched alkanes of at least 4 members (excludes halogenated alkanes) is 1. The number of piperazine rings is 1. The van der Waals surface area contributed by atoms with Crippen molar-refractivity contribution >= 4 is 17.8 Å². The van der Waals surface area contributed by atoms with Crippen molar-refractivity contribution in [1.29, 1.82) is 0 Å². The highest BCUT2D eigenvalue weighted by molar-refractivity contribution is 6.01. The summed E-state index contributed by atoms with van der Waals surface area (Å²) in [7, 11) is 0. The molecular formula is C22H31N5O2. The third-order valence-corrected chi connectivity index (χ3v) is 7.65. The summed E-state index contributed by atoms with van der Waals surface area (Å²) in [5.74, 6) is 2.34. The van der Waals surface area contributed by atoms with Crippen LogP contribution in [0.5, 0.6) is 0 Å². The maximum Gasteiger partial charge on any atom is 0.232 e. The van der Waals surface area contributed by atoms with Gasteiger partial charge in [0.25, 0.3) is 0 Å². The van der Waals surface area contributed by atoms with E-state index in [9.17, 15) is 9.59 Å². The van der Waals surface area contributed by atoms with Gasteiger partial charge in [-0.15, -0.1) is 0 Å². The minimum Gasteiger partial charge on any atom is -0.338 e. The van der Waals surface area contributed by atoms with Crippen molar-refractivity contribution in [2.24, 2.45) is 23.7 Å².